The van der Waals surface area contributed by atoms with Crippen LogP contribution in [0.4, 0.5) is 0 Å². The third-order valence-corrected chi connectivity index (χ3v) is 9.49. The molecule has 5 aromatic rings. The Morgan fingerprint density at radius 2 is 1.19 bits per heavy atom. The second-order valence-corrected chi connectivity index (χ2v) is 13.4. The summed E-state index contributed by atoms with van der Waals surface area (Å²) in [5, 5.41) is 23.4. The molecule has 2 N–H and O–H groups in total. The van der Waals surface area contributed by atoms with Crippen molar-refractivity contribution >= 4 is 21.8 Å². The third-order valence-electron chi connectivity index (χ3n) is 8.04. The van der Waals surface area contributed by atoms with Crippen molar-refractivity contribution in [3.63, 3.8) is 0 Å². The van der Waals surface area contributed by atoms with Crippen LogP contribution in [0.2, 0.25) is 0 Å². The van der Waals surface area contributed by atoms with Gasteiger partial charge in [-0.3, -0.25) is 0 Å². The number of aromatic carboxylic acids is 2. The van der Waals surface area contributed by atoms with Crippen LogP contribution in [0.5, 0.6) is 0 Å². The zero-order valence-corrected chi connectivity index (χ0v) is 27.0. The second-order valence-electron chi connectivity index (χ2n) is 11.5. The Hall–Kier alpha value is -5.09. The van der Waals surface area contributed by atoms with E-state index in [-0.39, 0.29) is 22.0 Å². The van der Waals surface area contributed by atoms with E-state index >= 15 is 0 Å². The summed E-state index contributed by atoms with van der Waals surface area (Å²) in [6.45, 7) is 2.47. The average molecular weight is 652 g/mol. The summed E-state index contributed by atoms with van der Waals surface area (Å²) in [6.07, 6.45) is 5.83. The van der Waals surface area contributed by atoms with E-state index in [0.717, 1.165) is 43.2 Å². The van der Waals surface area contributed by atoms with Gasteiger partial charge in [0, 0.05) is 6.42 Å². The fourth-order valence-electron chi connectivity index (χ4n) is 5.55. The number of carbonyl (C=O) groups is 2. The molecule has 9 nitrogen and oxygen atoms in total. The van der Waals surface area contributed by atoms with Gasteiger partial charge in [-0.15, -0.1) is 5.10 Å². The molecule has 0 saturated carbocycles. The van der Waals surface area contributed by atoms with E-state index in [9.17, 15) is 28.2 Å². The number of hydrogen-bond acceptors (Lipinski definition) is 6. The molecule has 1 heterocycles. The quantitative estimate of drug-likeness (QED) is 0.111. The molecule has 10 heteroatoms. The summed E-state index contributed by atoms with van der Waals surface area (Å²) in [4.78, 5) is 27.9. The van der Waals surface area contributed by atoms with Crippen LogP contribution < -0.4 is 0 Å². The molecule has 0 aliphatic carbocycles. The summed E-state index contributed by atoms with van der Waals surface area (Å²) >= 11 is 0. The molecule has 0 amide bonds. The minimum Gasteiger partial charge on any atom is -0.478 e. The van der Waals surface area contributed by atoms with Gasteiger partial charge in [0.1, 0.15) is 5.82 Å². The molecular formula is C37H37N3O6S. The maximum Gasteiger partial charge on any atom is 0.336 e. The Balaban J connectivity index is 1.37. The highest BCUT2D eigenvalue weighted by Gasteiger charge is 2.24. The zero-order chi connectivity index (χ0) is 33.4. The first-order valence-electron chi connectivity index (χ1n) is 15.7. The lowest BCUT2D eigenvalue weighted by molar-refractivity contribution is 0.0687. The smallest absolute Gasteiger partial charge is 0.336 e. The van der Waals surface area contributed by atoms with Crippen LogP contribution in [-0.4, -0.2) is 45.3 Å². The molecule has 0 saturated heterocycles. The highest BCUT2D eigenvalue weighted by atomic mass is 32.2. The largest absolute Gasteiger partial charge is 0.478 e. The molecule has 0 atom stereocenters. The number of sulfone groups is 1. The standard InChI is InChI=1S/C37H37N3O6S/c1-2-3-4-5-6-15-34-38-37(39-40(34)24-26-16-20-28(21-17-26)30-11-7-9-13-32(30)35(41)42)47(45,46)25-27-18-22-29(23-19-27)31-12-8-10-14-33(31)36(43)44/h7-14,16-23H,2-6,15,24-25H2,1H3,(H,41,42)(H,43,44). The molecule has 0 spiro atoms. The van der Waals surface area contributed by atoms with Crippen LogP contribution >= 0.6 is 0 Å². The van der Waals surface area contributed by atoms with Crippen LogP contribution in [0.25, 0.3) is 22.3 Å². The fourth-order valence-corrected chi connectivity index (χ4v) is 6.78. The Labute approximate surface area is 274 Å². The van der Waals surface area contributed by atoms with Crippen LogP contribution in [0, 0.1) is 0 Å². The molecule has 0 aliphatic rings. The molecule has 1 aromatic heterocycles. The van der Waals surface area contributed by atoms with Crippen LogP contribution in [0.3, 0.4) is 0 Å². The van der Waals surface area contributed by atoms with Crippen molar-refractivity contribution < 1.29 is 28.2 Å². The van der Waals surface area contributed by atoms with E-state index in [2.05, 4.69) is 17.0 Å². The zero-order valence-electron chi connectivity index (χ0n) is 26.2. The number of carboxylic acids is 2. The monoisotopic (exact) mass is 651 g/mol. The lowest BCUT2D eigenvalue weighted by Gasteiger charge is -2.09. The Kier molecular flexibility index (Phi) is 10.6. The van der Waals surface area contributed by atoms with Crippen molar-refractivity contribution in [2.24, 2.45) is 0 Å². The number of unbranched alkanes of at least 4 members (excludes halogenated alkanes) is 4. The van der Waals surface area contributed by atoms with Crippen LogP contribution in [0.1, 0.15) is 76.7 Å². The predicted octanol–water partition coefficient (Wildman–Crippen LogP) is 7.54. The van der Waals surface area contributed by atoms with Crippen LogP contribution in [-0.2, 0) is 28.6 Å². The summed E-state index contributed by atoms with van der Waals surface area (Å²) in [5.74, 6) is -1.73. The fraction of sp³-hybridized carbons (Fsp3) is 0.243. The highest BCUT2D eigenvalue weighted by molar-refractivity contribution is 7.90. The van der Waals surface area contributed by atoms with E-state index in [1.54, 1.807) is 71.4 Å². The SMILES string of the molecule is CCCCCCCc1nc(S(=O)(=O)Cc2ccc(-c3ccccc3C(=O)O)cc2)nn1Cc1ccc(-c2ccccc2C(=O)O)cc1. The first-order chi connectivity index (χ1) is 22.7. The number of hydrogen-bond donors (Lipinski definition) is 2. The van der Waals surface area contributed by atoms with Crippen molar-refractivity contribution in [3.05, 3.63) is 125 Å². The predicted molar refractivity (Wildman–Crippen MR) is 180 cm³/mol. The minimum atomic E-state index is -3.89. The molecule has 4 aromatic carbocycles. The summed E-state index contributed by atoms with van der Waals surface area (Å²) < 4.78 is 28.8. The van der Waals surface area contributed by atoms with Crippen LogP contribution in [0.15, 0.2) is 102 Å². The normalized spacial score (nSPS) is 11.4. The molecule has 0 bridgehead atoms. The van der Waals surface area contributed by atoms with Gasteiger partial charge in [-0.1, -0.05) is 118 Å². The molecule has 47 heavy (non-hydrogen) atoms. The number of aryl methyl sites for hydroxylation is 1. The minimum absolute atomic E-state index is 0.171. The van der Waals surface area contributed by atoms with Gasteiger partial charge in [0.2, 0.25) is 9.84 Å². The van der Waals surface area contributed by atoms with Crippen molar-refractivity contribution in [2.75, 3.05) is 0 Å². The van der Waals surface area contributed by atoms with E-state index in [0.29, 0.717) is 41.0 Å². The van der Waals surface area contributed by atoms with Gasteiger partial charge in [0.15, 0.2) is 0 Å². The van der Waals surface area contributed by atoms with Crippen molar-refractivity contribution in [1.29, 1.82) is 0 Å². The van der Waals surface area contributed by atoms with E-state index in [1.807, 2.05) is 24.3 Å². The van der Waals surface area contributed by atoms with E-state index in [4.69, 9.17) is 0 Å². The maximum absolute atomic E-state index is 13.6. The van der Waals surface area contributed by atoms with Gasteiger partial charge in [-0.25, -0.2) is 27.7 Å². The van der Waals surface area contributed by atoms with Gasteiger partial charge in [0.25, 0.3) is 5.16 Å². The summed E-state index contributed by atoms with van der Waals surface area (Å²) in [5.41, 5.74) is 4.42. The molecular weight excluding hydrogens is 614 g/mol. The van der Waals surface area contributed by atoms with Crippen molar-refractivity contribution in [1.82, 2.24) is 14.8 Å². The average Bonchev–Trinajstić information content (AvgIpc) is 3.48. The first kappa shape index (κ1) is 33.3. The van der Waals surface area contributed by atoms with Gasteiger partial charge >= 0.3 is 11.9 Å². The number of benzene rings is 4. The molecule has 242 valence electrons. The number of aromatic nitrogens is 3. The van der Waals surface area contributed by atoms with Crippen molar-refractivity contribution in [3.8, 4) is 22.3 Å². The van der Waals surface area contributed by atoms with Gasteiger partial charge < -0.3 is 10.2 Å². The Morgan fingerprint density at radius 3 is 1.72 bits per heavy atom. The van der Waals surface area contributed by atoms with Gasteiger partial charge in [-0.2, -0.15) is 0 Å². The Bertz CT molecular complexity index is 1970. The first-order valence-corrected chi connectivity index (χ1v) is 17.3. The third kappa shape index (κ3) is 8.20. The molecule has 0 fully saturated rings. The lowest BCUT2D eigenvalue weighted by Crippen LogP contribution is -2.09. The summed E-state index contributed by atoms with van der Waals surface area (Å²) in [7, 11) is -3.89. The highest BCUT2D eigenvalue weighted by Crippen LogP contribution is 2.27. The molecule has 0 unspecified atom stereocenters. The summed E-state index contributed by atoms with van der Waals surface area (Å²) in [6, 6.07) is 27.8. The number of nitrogens with zero attached hydrogens (tertiary/aromatic N) is 3. The number of rotatable bonds is 15. The second kappa shape index (κ2) is 15.0. The van der Waals surface area contributed by atoms with E-state index in [1.165, 1.54) is 6.07 Å². The molecule has 0 aliphatic heterocycles. The van der Waals surface area contributed by atoms with E-state index < -0.39 is 21.8 Å². The van der Waals surface area contributed by atoms with Crippen molar-refractivity contribution in [2.45, 2.75) is 62.9 Å². The maximum atomic E-state index is 13.6. The topological polar surface area (TPSA) is 139 Å². The lowest BCUT2D eigenvalue weighted by atomic mass is 9.99. The van der Waals surface area contributed by atoms with Gasteiger partial charge in [0.05, 0.1) is 23.4 Å². The molecule has 5 rings (SSSR count). The van der Waals surface area contributed by atoms with Gasteiger partial charge in [-0.05, 0) is 51.9 Å². The molecule has 0 radical (unpaired) electrons. The number of carboxylic acid groups (broad SMARTS) is 2. The Morgan fingerprint density at radius 1 is 0.681 bits per heavy atom.